The number of aliphatic imine (C=N–C) groups is 1. The van der Waals surface area contributed by atoms with Gasteiger partial charge in [0, 0.05) is 49.3 Å². The molecule has 34 heavy (non-hydrogen) atoms. The minimum atomic E-state index is -0.425. The van der Waals surface area contributed by atoms with Crippen LogP contribution in [0.5, 0.6) is 5.75 Å². The molecule has 8 nitrogen and oxygen atoms in total. The molecule has 0 aliphatic heterocycles. The van der Waals surface area contributed by atoms with Crippen LogP contribution >= 0.6 is 0 Å². The van der Waals surface area contributed by atoms with Gasteiger partial charge < -0.3 is 9.64 Å². The van der Waals surface area contributed by atoms with Gasteiger partial charge in [0.1, 0.15) is 5.75 Å². The molecule has 0 amide bonds. The number of rotatable bonds is 7. The van der Waals surface area contributed by atoms with Crippen LogP contribution in [0.25, 0.3) is 22.5 Å². The van der Waals surface area contributed by atoms with Crippen molar-refractivity contribution in [1.29, 1.82) is 0 Å². The van der Waals surface area contributed by atoms with E-state index in [1.807, 2.05) is 73.6 Å². The second-order valence-electron chi connectivity index (χ2n) is 7.72. The first-order valence-corrected chi connectivity index (χ1v) is 10.5. The molecule has 0 spiro atoms. The van der Waals surface area contributed by atoms with Crippen molar-refractivity contribution in [2.45, 2.75) is 0 Å². The van der Waals surface area contributed by atoms with Crippen molar-refractivity contribution in [3.63, 3.8) is 0 Å². The predicted octanol–water partition coefficient (Wildman–Crippen LogP) is 5.54. The van der Waals surface area contributed by atoms with Gasteiger partial charge in [-0.2, -0.15) is 0 Å². The van der Waals surface area contributed by atoms with E-state index in [1.165, 1.54) is 12.1 Å². The number of aromatic nitrogens is 2. The first-order valence-electron chi connectivity index (χ1n) is 10.5. The monoisotopic (exact) mass is 453 g/mol. The second-order valence-corrected chi connectivity index (χ2v) is 7.72. The standard InChI is InChI=1S/C26H23N5O3/c1-30(2)21-10-6-19(7-11-21)24-16-25(20-8-12-22(13-9-20)31(32)33)29-26(28-24)27-17-18-4-14-23(34-3)15-5-18/h4-17H,1-3H3/b27-17+. The lowest BCUT2D eigenvalue weighted by atomic mass is 10.1. The van der Waals surface area contributed by atoms with Crippen molar-refractivity contribution < 1.29 is 9.66 Å². The number of methoxy groups -OCH3 is 1. The Morgan fingerprint density at radius 2 is 1.44 bits per heavy atom. The highest BCUT2D eigenvalue weighted by Gasteiger charge is 2.11. The Morgan fingerprint density at radius 1 is 0.882 bits per heavy atom. The molecule has 0 saturated carbocycles. The van der Waals surface area contributed by atoms with Crippen molar-refractivity contribution in [1.82, 2.24) is 9.97 Å². The van der Waals surface area contributed by atoms with Crippen LogP contribution in [0.4, 0.5) is 17.3 Å². The SMILES string of the molecule is COc1ccc(/C=N/c2nc(-c3ccc(N(C)C)cc3)cc(-c3ccc([N+](=O)[O-])cc3)n2)cc1. The largest absolute Gasteiger partial charge is 0.497 e. The Hall–Kier alpha value is -4.59. The molecule has 0 saturated heterocycles. The molecule has 0 atom stereocenters. The third-order valence-corrected chi connectivity index (χ3v) is 5.21. The molecule has 4 aromatic rings. The molecule has 0 unspecified atom stereocenters. The van der Waals surface area contributed by atoms with Crippen molar-refractivity contribution in [3.8, 4) is 28.3 Å². The smallest absolute Gasteiger partial charge is 0.269 e. The third-order valence-electron chi connectivity index (χ3n) is 5.21. The van der Waals surface area contributed by atoms with Crippen LogP contribution in [0.1, 0.15) is 5.56 Å². The lowest BCUT2D eigenvalue weighted by Crippen LogP contribution is -2.07. The molecule has 1 heterocycles. The summed E-state index contributed by atoms with van der Waals surface area (Å²) in [5, 5.41) is 11.0. The highest BCUT2D eigenvalue weighted by Crippen LogP contribution is 2.28. The summed E-state index contributed by atoms with van der Waals surface area (Å²) in [6, 6.07) is 23.7. The number of ether oxygens (including phenoxy) is 1. The van der Waals surface area contributed by atoms with Gasteiger partial charge in [-0.05, 0) is 60.2 Å². The first-order chi connectivity index (χ1) is 16.4. The van der Waals surface area contributed by atoms with Crippen molar-refractivity contribution in [2.24, 2.45) is 4.99 Å². The average Bonchev–Trinajstić information content (AvgIpc) is 2.87. The molecule has 0 N–H and O–H groups in total. The lowest BCUT2D eigenvalue weighted by molar-refractivity contribution is -0.384. The molecule has 8 heteroatoms. The number of nitro groups is 1. The molecule has 0 aliphatic rings. The normalized spacial score (nSPS) is 10.9. The highest BCUT2D eigenvalue weighted by atomic mass is 16.6. The van der Waals surface area contributed by atoms with Gasteiger partial charge in [-0.1, -0.05) is 12.1 Å². The zero-order chi connectivity index (χ0) is 24.1. The summed E-state index contributed by atoms with van der Waals surface area (Å²) in [4.78, 5) is 26.3. The maximum absolute atomic E-state index is 11.0. The molecule has 4 rings (SSSR count). The average molecular weight is 454 g/mol. The van der Waals surface area contributed by atoms with E-state index < -0.39 is 4.92 Å². The molecule has 0 fully saturated rings. The Balaban J connectivity index is 1.74. The van der Waals surface area contributed by atoms with Crippen LogP contribution in [0.2, 0.25) is 0 Å². The summed E-state index contributed by atoms with van der Waals surface area (Å²) < 4.78 is 5.19. The van der Waals surface area contributed by atoms with Gasteiger partial charge in [-0.15, -0.1) is 0 Å². The van der Waals surface area contributed by atoms with E-state index in [2.05, 4.69) is 15.0 Å². The predicted molar refractivity (Wildman–Crippen MR) is 134 cm³/mol. The van der Waals surface area contributed by atoms with Gasteiger partial charge in [-0.25, -0.2) is 15.0 Å². The van der Waals surface area contributed by atoms with Crippen molar-refractivity contribution in [2.75, 3.05) is 26.1 Å². The number of nitrogens with zero attached hydrogens (tertiary/aromatic N) is 5. The Bertz CT molecular complexity index is 1320. The van der Waals surface area contributed by atoms with Crippen LogP contribution in [-0.2, 0) is 0 Å². The fourth-order valence-corrected chi connectivity index (χ4v) is 3.29. The minimum Gasteiger partial charge on any atom is -0.497 e. The van der Waals surface area contributed by atoms with Gasteiger partial charge in [0.25, 0.3) is 5.69 Å². The van der Waals surface area contributed by atoms with Crippen molar-refractivity contribution >= 4 is 23.5 Å². The van der Waals surface area contributed by atoms with Crippen LogP contribution < -0.4 is 9.64 Å². The van der Waals surface area contributed by atoms with E-state index >= 15 is 0 Å². The molecule has 3 aromatic carbocycles. The molecule has 1 aromatic heterocycles. The van der Waals surface area contributed by atoms with E-state index in [-0.39, 0.29) is 5.69 Å². The fourth-order valence-electron chi connectivity index (χ4n) is 3.29. The van der Waals surface area contributed by atoms with E-state index in [0.29, 0.717) is 17.3 Å². The lowest BCUT2D eigenvalue weighted by Gasteiger charge is -2.13. The topological polar surface area (TPSA) is 93.8 Å². The van der Waals surface area contributed by atoms with E-state index in [0.717, 1.165) is 28.1 Å². The molecule has 0 radical (unpaired) electrons. The van der Waals surface area contributed by atoms with Crippen LogP contribution in [-0.4, -0.2) is 42.3 Å². The summed E-state index contributed by atoms with van der Waals surface area (Å²) in [5.74, 6) is 1.05. The van der Waals surface area contributed by atoms with Crippen LogP contribution in [0, 0.1) is 10.1 Å². The maximum Gasteiger partial charge on any atom is 0.269 e. The highest BCUT2D eigenvalue weighted by molar-refractivity contribution is 5.82. The summed E-state index contributed by atoms with van der Waals surface area (Å²) >= 11 is 0. The summed E-state index contributed by atoms with van der Waals surface area (Å²) in [6.07, 6.45) is 1.69. The van der Waals surface area contributed by atoms with Crippen molar-refractivity contribution in [3.05, 3.63) is 94.5 Å². The quantitative estimate of drug-likeness (QED) is 0.207. The Morgan fingerprint density at radius 3 is 1.94 bits per heavy atom. The van der Waals surface area contributed by atoms with Gasteiger partial charge in [0.2, 0.25) is 5.95 Å². The number of hydrogen-bond acceptors (Lipinski definition) is 7. The molecule has 0 bridgehead atoms. The van der Waals surface area contributed by atoms with Gasteiger partial charge in [0.05, 0.1) is 23.4 Å². The fraction of sp³-hybridized carbons (Fsp3) is 0.115. The molecule has 170 valence electrons. The number of nitro benzene ring substituents is 1. The molecular formula is C26H23N5O3. The summed E-state index contributed by atoms with van der Waals surface area (Å²) in [5.41, 5.74) is 4.95. The maximum atomic E-state index is 11.0. The van der Waals surface area contributed by atoms with Gasteiger partial charge >= 0.3 is 0 Å². The molecule has 0 aliphatic carbocycles. The number of hydrogen-bond donors (Lipinski definition) is 0. The minimum absolute atomic E-state index is 0.0232. The summed E-state index contributed by atoms with van der Waals surface area (Å²) in [7, 11) is 5.59. The number of non-ortho nitro benzene ring substituents is 1. The van der Waals surface area contributed by atoms with Gasteiger partial charge in [-0.3, -0.25) is 10.1 Å². The van der Waals surface area contributed by atoms with Crippen LogP contribution in [0.15, 0.2) is 83.9 Å². The Labute approximate surface area is 197 Å². The second kappa shape index (κ2) is 9.91. The number of benzene rings is 3. The first kappa shape index (κ1) is 22.6. The van der Waals surface area contributed by atoms with E-state index in [1.54, 1.807) is 25.5 Å². The summed E-state index contributed by atoms with van der Waals surface area (Å²) in [6.45, 7) is 0. The zero-order valence-electron chi connectivity index (χ0n) is 19.0. The molecular weight excluding hydrogens is 430 g/mol. The Kier molecular flexibility index (Phi) is 6.59. The van der Waals surface area contributed by atoms with Crippen LogP contribution in [0.3, 0.4) is 0 Å². The van der Waals surface area contributed by atoms with E-state index in [9.17, 15) is 10.1 Å². The van der Waals surface area contributed by atoms with Gasteiger partial charge in [0.15, 0.2) is 0 Å². The zero-order valence-corrected chi connectivity index (χ0v) is 19.0. The van der Waals surface area contributed by atoms with E-state index in [4.69, 9.17) is 4.74 Å². The third kappa shape index (κ3) is 5.24. The number of anilines is 1.